The average molecular weight is 275 g/mol. The van der Waals surface area contributed by atoms with E-state index in [1.54, 1.807) is 31.2 Å². The molecule has 0 fully saturated rings. The van der Waals surface area contributed by atoms with Gasteiger partial charge in [-0.2, -0.15) is 0 Å². The summed E-state index contributed by atoms with van der Waals surface area (Å²) in [4.78, 5) is 0. The Labute approximate surface area is 118 Å². The van der Waals surface area contributed by atoms with Gasteiger partial charge in [0.05, 0.1) is 6.04 Å². The maximum absolute atomic E-state index is 14.3. The van der Waals surface area contributed by atoms with E-state index in [0.29, 0.717) is 11.1 Å². The first kappa shape index (κ1) is 14.7. The van der Waals surface area contributed by atoms with Crippen LogP contribution in [-0.4, -0.2) is 6.54 Å². The highest BCUT2D eigenvalue weighted by atomic mass is 19.1. The molecule has 2 aromatic rings. The maximum Gasteiger partial charge on any atom is 0.131 e. The van der Waals surface area contributed by atoms with Crippen molar-refractivity contribution in [2.45, 2.75) is 26.3 Å². The third-order valence-corrected chi connectivity index (χ3v) is 3.33. The Morgan fingerprint density at radius 2 is 1.75 bits per heavy atom. The molecule has 2 rings (SSSR count). The van der Waals surface area contributed by atoms with Crippen LogP contribution in [0.25, 0.3) is 0 Å². The molecule has 0 bridgehead atoms. The Bertz CT molecular complexity index is 564. The van der Waals surface area contributed by atoms with Gasteiger partial charge in [0, 0.05) is 5.56 Å². The third-order valence-electron chi connectivity index (χ3n) is 3.33. The van der Waals surface area contributed by atoms with Gasteiger partial charge in [-0.1, -0.05) is 37.3 Å². The van der Waals surface area contributed by atoms with E-state index < -0.39 is 0 Å². The topological polar surface area (TPSA) is 12.0 Å². The second kappa shape index (κ2) is 6.62. The molecule has 0 aliphatic rings. The molecule has 1 N–H and O–H groups in total. The van der Waals surface area contributed by atoms with Crippen molar-refractivity contribution in [3.05, 3.63) is 70.8 Å². The minimum absolute atomic E-state index is 0.203. The molecule has 1 atom stereocenters. The number of halogens is 2. The van der Waals surface area contributed by atoms with Crippen LogP contribution >= 0.6 is 0 Å². The van der Waals surface area contributed by atoms with E-state index in [1.165, 1.54) is 12.1 Å². The fraction of sp³-hybridized carbons (Fsp3) is 0.294. The summed E-state index contributed by atoms with van der Waals surface area (Å²) in [5.74, 6) is -0.488. The first-order valence-corrected chi connectivity index (χ1v) is 6.87. The smallest absolute Gasteiger partial charge is 0.131 e. The molecule has 0 saturated carbocycles. The van der Waals surface area contributed by atoms with Gasteiger partial charge < -0.3 is 5.32 Å². The van der Waals surface area contributed by atoms with Crippen molar-refractivity contribution in [3.63, 3.8) is 0 Å². The highest BCUT2D eigenvalue weighted by Gasteiger charge is 2.18. The van der Waals surface area contributed by atoms with Crippen LogP contribution < -0.4 is 5.32 Å². The molecular formula is C17H19F2N. The molecule has 20 heavy (non-hydrogen) atoms. The first-order chi connectivity index (χ1) is 9.63. The van der Waals surface area contributed by atoms with E-state index in [9.17, 15) is 8.78 Å². The van der Waals surface area contributed by atoms with E-state index in [0.717, 1.165) is 18.5 Å². The van der Waals surface area contributed by atoms with Gasteiger partial charge in [0.25, 0.3) is 0 Å². The monoisotopic (exact) mass is 275 g/mol. The van der Waals surface area contributed by atoms with Crippen LogP contribution in [0.15, 0.2) is 42.5 Å². The van der Waals surface area contributed by atoms with Crippen molar-refractivity contribution in [3.8, 4) is 0 Å². The number of benzene rings is 2. The summed E-state index contributed by atoms with van der Waals surface area (Å²) < 4.78 is 27.4. The normalized spacial score (nSPS) is 12.4. The standard InChI is InChI=1S/C17H19F2N/c1-3-11-20-17(13-7-9-14(18)10-8-13)15-6-4-5-12(2)16(15)19/h4-10,17,20H,3,11H2,1-2H3. The van der Waals surface area contributed by atoms with Crippen molar-refractivity contribution in [2.24, 2.45) is 0 Å². The Hall–Kier alpha value is -1.74. The molecule has 0 amide bonds. The predicted octanol–water partition coefficient (Wildman–Crippen LogP) is 4.36. The number of aryl methyl sites for hydroxylation is 1. The minimum atomic E-state index is -0.285. The van der Waals surface area contributed by atoms with Gasteiger partial charge in [0.1, 0.15) is 11.6 Å². The molecule has 0 heterocycles. The lowest BCUT2D eigenvalue weighted by Crippen LogP contribution is -2.24. The van der Waals surface area contributed by atoms with Crippen molar-refractivity contribution in [1.29, 1.82) is 0 Å². The molecule has 0 spiro atoms. The minimum Gasteiger partial charge on any atom is -0.306 e. The second-order valence-corrected chi connectivity index (χ2v) is 4.92. The molecule has 0 aliphatic heterocycles. The highest BCUT2D eigenvalue weighted by Crippen LogP contribution is 2.26. The van der Waals surface area contributed by atoms with Crippen LogP contribution in [0.2, 0.25) is 0 Å². The van der Waals surface area contributed by atoms with Crippen LogP contribution in [-0.2, 0) is 0 Å². The van der Waals surface area contributed by atoms with Gasteiger partial charge in [-0.25, -0.2) is 8.78 Å². The summed E-state index contributed by atoms with van der Waals surface area (Å²) >= 11 is 0. The van der Waals surface area contributed by atoms with Crippen LogP contribution in [0, 0.1) is 18.6 Å². The number of hydrogen-bond donors (Lipinski definition) is 1. The Morgan fingerprint density at radius 1 is 1.05 bits per heavy atom. The predicted molar refractivity (Wildman–Crippen MR) is 77.7 cm³/mol. The summed E-state index contributed by atoms with van der Waals surface area (Å²) in [7, 11) is 0. The quantitative estimate of drug-likeness (QED) is 0.854. The number of hydrogen-bond acceptors (Lipinski definition) is 1. The van der Waals surface area contributed by atoms with Crippen LogP contribution in [0.1, 0.15) is 36.1 Å². The number of nitrogens with one attached hydrogen (secondary N) is 1. The lowest BCUT2D eigenvalue weighted by Gasteiger charge is -2.21. The van der Waals surface area contributed by atoms with E-state index in [2.05, 4.69) is 12.2 Å². The first-order valence-electron chi connectivity index (χ1n) is 6.87. The van der Waals surface area contributed by atoms with Gasteiger partial charge in [-0.3, -0.25) is 0 Å². The van der Waals surface area contributed by atoms with Gasteiger partial charge in [-0.05, 0) is 43.1 Å². The molecular weight excluding hydrogens is 256 g/mol. The van der Waals surface area contributed by atoms with E-state index in [1.807, 2.05) is 6.07 Å². The molecule has 1 unspecified atom stereocenters. The molecule has 0 aromatic heterocycles. The molecule has 0 radical (unpaired) electrons. The Balaban J connectivity index is 2.41. The maximum atomic E-state index is 14.3. The van der Waals surface area contributed by atoms with E-state index in [-0.39, 0.29) is 17.7 Å². The summed E-state index contributed by atoms with van der Waals surface area (Å²) in [6, 6.07) is 11.3. The summed E-state index contributed by atoms with van der Waals surface area (Å²) in [5, 5.41) is 3.33. The second-order valence-electron chi connectivity index (χ2n) is 4.92. The van der Waals surface area contributed by atoms with Crippen molar-refractivity contribution >= 4 is 0 Å². The van der Waals surface area contributed by atoms with Gasteiger partial charge in [0.2, 0.25) is 0 Å². The highest BCUT2D eigenvalue weighted by molar-refractivity contribution is 5.35. The van der Waals surface area contributed by atoms with Crippen LogP contribution in [0.4, 0.5) is 8.78 Å². The number of rotatable bonds is 5. The zero-order valence-corrected chi connectivity index (χ0v) is 11.8. The summed E-state index contributed by atoms with van der Waals surface area (Å²) in [6.45, 7) is 4.58. The van der Waals surface area contributed by atoms with E-state index >= 15 is 0 Å². The molecule has 2 aromatic carbocycles. The van der Waals surface area contributed by atoms with Crippen LogP contribution in [0.5, 0.6) is 0 Å². The van der Waals surface area contributed by atoms with Crippen molar-refractivity contribution in [1.82, 2.24) is 5.32 Å². The summed E-state index contributed by atoms with van der Waals surface area (Å²) in [6.07, 6.45) is 0.950. The van der Waals surface area contributed by atoms with E-state index in [4.69, 9.17) is 0 Å². The van der Waals surface area contributed by atoms with Gasteiger partial charge >= 0.3 is 0 Å². The molecule has 0 aliphatic carbocycles. The largest absolute Gasteiger partial charge is 0.306 e. The molecule has 1 nitrogen and oxygen atoms in total. The zero-order valence-electron chi connectivity index (χ0n) is 11.8. The lowest BCUT2D eigenvalue weighted by atomic mass is 9.96. The van der Waals surface area contributed by atoms with Crippen LogP contribution in [0.3, 0.4) is 0 Å². The lowest BCUT2D eigenvalue weighted by molar-refractivity contribution is 0.541. The molecule has 3 heteroatoms. The fourth-order valence-electron chi connectivity index (χ4n) is 2.24. The fourth-order valence-corrected chi connectivity index (χ4v) is 2.24. The molecule has 106 valence electrons. The third kappa shape index (κ3) is 3.23. The van der Waals surface area contributed by atoms with Gasteiger partial charge in [-0.15, -0.1) is 0 Å². The molecule has 0 saturated heterocycles. The SMILES string of the molecule is CCCNC(c1ccc(F)cc1)c1cccc(C)c1F. The zero-order chi connectivity index (χ0) is 14.5. The summed E-state index contributed by atoms with van der Waals surface area (Å²) in [5.41, 5.74) is 2.09. The van der Waals surface area contributed by atoms with Gasteiger partial charge in [0.15, 0.2) is 0 Å². The Kier molecular flexibility index (Phi) is 4.85. The van der Waals surface area contributed by atoms with Crippen molar-refractivity contribution < 1.29 is 8.78 Å². The van der Waals surface area contributed by atoms with Crippen molar-refractivity contribution in [2.75, 3.05) is 6.54 Å². The Morgan fingerprint density at radius 3 is 2.40 bits per heavy atom. The average Bonchev–Trinajstić information content (AvgIpc) is 2.45.